The zero-order valence-electron chi connectivity index (χ0n) is 24.6. The number of hydrogen-bond donors (Lipinski definition) is 2. The fourth-order valence-corrected chi connectivity index (χ4v) is 6.96. The molecular weight excluding hydrogens is 542 g/mol. The monoisotopic (exact) mass is 579 g/mol. The molecule has 222 valence electrons. The summed E-state index contributed by atoms with van der Waals surface area (Å²) in [4.78, 5) is 44.0. The van der Waals surface area contributed by atoms with E-state index in [-0.39, 0.29) is 23.9 Å². The Bertz CT molecular complexity index is 1690. The van der Waals surface area contributed by atoms with Crippen LogP contribution in [-0.4, -0.2) is 74.3 Å². The Kier molecular flexibility index (Phi) is 7.52. The zero-order chi connectivity index (χ0) is 30.2. The van der Waals surface area contributed by atoms with E-state index in [1.54, 1.807) is 26.5 Å². The van der Waals surface area contributed by atoms with Crippen molar-refractivity contribution in [2.45, 2.75) is 44.2 Å². The lowest BCUT2D eigenvalue weighted by atomic mass is 9.65. The maximum absolute atomic E-state index is 13.9. The first-order valence-electron chi connectivity index (χ1n) is 14.8. The third-order valence-electron chi connectivity index (χ3n) is 9.34. The standard InChI is InChI=1S/C34H37N5O4/c1-37(2)31(41)28-21-39(29(40)19-26(28)24-11-5-3-6-12-24)23-34(43)17-18-38(22-33(34)15-9-10-16-33)32(42)27-20-35-36-30(27)25-13-7-4-8-14-25/h3-8,11-14,19-21,43H,9-10,15-18,22-23H2,1-2H3,(H,35,36). The van der Waals surface area contributed by atoms with Gasteiger partial charge in [-0.25, -0.2) is 0 Å². The fourth-order valence-electron chi connectivity index (χ4n) is 6.96. The fraction of sp³-hybridized carbons (Fsp3) is 0.353. The lowest BCUT2D eigenvalue weighted by molar-refractivity contribution is -0.135. The number of H-pyrrole nitrogens is 1. The Morgan fingerprint density at radius 2 is 1.60 bits per heavy atom. The van der Waals surface area contributed by atoms with Crippen LogP contribution in [-0.2, 0) is 6.54 Å². The molecule has 2 aromatic carbocycles. The number of amides is 2. The van der Waals surface area contributed by atoms with Crippen LogP contribution in [0.1, 0.15) is 52.8 Å². The number of piperidine rings is 1. The van der Waals surface area contributed by atoms with Crippen molar-refractivity contribution >= 4 is 11.8 Å². The van der Waals surface area contributed by atoms with Gasteiger partial charge < -0.3 is 19.5 Å². The van der Waals surface area contributed by atoms with Gasteiger partial charge in [0, 0.05) is 56.0 Å². The maximum atomic E-state index is 13.9. The number of aromatic amines is 1. The minimum atomic E-state index is -1.23. The highest BCUT2D eigenvalue weighted by atomic mass is 16.3. The number of pyridine rings is 1. The largest absolute Gasteiger partial charge is 0.387 e. The van der Waals surface area contributed by atoms with Crippen molar-refractivity contribution in [2.24, 2.45) is 5.41 Å². The Hall–Kier alpha value is -4.50. The maximum Gasteiger partial charge on any atom is 0.257 e. The van der Waals surface area contributed by atoms with Crippen LogP contribution in [0.25, 0.3) is 22.4 Å². The van der Waals surface area contributed by atoms with Crippen molar-refractivity contribution in [3.63, 3.8) is 0 Å². The molecule has 2 aliphatic rings. The normalized spacial score (nSPS) is 19.5. The molecule has 1 aliphatic carbocycles. The second-order valence-corrected chi connectivity index (χ2v) is 12.2. The second kappa shape index (κ2) is 11.3. The number of aromatic nitrogens is 3. The summed E-state index contributed by atoms with van der Waals surface area (Å²) in [6.07, 6.45) is 6.89. The Balaban J connectivity index is 1.32. The van der Waals surface area contributed by atoms with Crippen LogP contribution in [0.3, 0.4) is 0 Å². The van der Waals surface area contributed by atoms with Crippen LogP contribution in [0, 0.1) is 5.41 Å². The van der Waals surface area contributed by atoms with Crippen molar-refractivity contribution in [3.8, 4) is 22.4 Å². The van der Waals surface area contributed by atoms with Crippen molar-refractivity contribution in [2.75, 3.05) is 27.2 Å². The van der Waals surface area contributed by atoms with Crippen LogP contribution < -0.4 is 5.56 Å². The van der Waals surface area contributed by atoms with Gasteiger partial charge in [-0.15, -0.1) is 0 Å². The Labute approximate surface area is 250 Å². The molecule has 1 aliphatic heterocycles. The molecule has 0 bridgehead atoms. The molecule has 1 saturated heterocycles. The first-order chi connectivity index (χ1) is 20.7. The number of benzene rings is 2. The van der Waals surface area contributed by atoms with E-state index in [0.29, 0.717) is 41.9 Å². The lowest BCUT2D eigenvalue weighted by Crippen LogP contribution is -2.62. The highest BCUT2D eigenvalue weighted by Crippen LogP contribution is 2.52. The molecule has 43 heavy (non-hydrogen) atoms. The highest BCUT2D eigenvalue weighted by molar-refractivity contribution is 6.00. The van der Waals surface area contributed by atoms with Crippen LogP contribution in [0.5, 0.6) is 0 Å². The van der Waals surface area contributed by atoms with E-state index in [1.807, 2.05) is 65.6 Å². The zero-order valence-corrected chi connectivity index (χ0v) is 24.6. The molecule has 3 heterocycles. The molecule has 4 aromatic rings. The summed E-state index contributed by atoms with van der Waals surface area (Å²) in [6.45, 7) is 0.788. The van der Waals surface area contributed by atoms with E-state index in [0.717, 1.165) is 36.8 Å². The summed E-state index contributed by atoms with van der Waals surface area (Å²) in [5.41, 5.74) is 1.74. The van der Waals surface area contributed by atoms with Crippen LogP contribution >= 0.6 is 0 Å². The Morgan fingerprint density at radius 3 is 2.26 bits per heavy atom. The van der Waals surface area contributed by atoms with Crippen LogP contribution in [0.2, 0.25) is 0 Å². The number of likely N-dealkylation sites (tertiary alicyclic amines) is 1. The number of nitrogens with one attached hydrogen (secondary N) is 1. The highest BCUT2D eigenvalue weighted by Gasteiger charge is 2.55. The van der Waals surface area contributed by atoms with E-state index in [9.17, 15) is 19.5 Å². The summed E-state index contributed by atoms with van der Waals surface area (Å²) < 4.78 is 1.49. The summed E-state index contributed by atoms with van der Waals surface area (Å²) in [5.74, 6) is -0.339. The van der Waals surface area contributed by atoms with Gasteiger partial charge in [0.2, 0.25) is 0 Å². The molecule has 9 heteroatoms. The molecule has 1 unspecified atom stereocenters. The van der Waals surface area contributed by atoms with Gasteiger partial charge >= 0.3 is 0 Å². The van der Waals surface area contributed by atoms with E-state index < -0.39 is 11.0 Å². The predicted octanol–water partition coefficient (Wildman–Crippen LogP) is 4.44. The van der Waals surface area contributed by atoms with Gasteiger partial charge in [-0.1, -0.05) is 73.5 Å². The van der Waals surface area contributed by atoms with Gasteiger partial charge in [0.05, 0.1) is 35.2 Å². The number of nitrogens with zero attached hydrogens (tertiary/aromatic N) is 4. The summed E-state index contributed by atoms with van der Waals surface area (Å²) in [6, 6.07) is 20.5. The second-order valence-electron chi connectivity index (χ2n) is 12.2. The van der Waals surface area contributed by atoms with E-state index in [4.69, 9.17) is 0 Å². The van der Waals surface area contributed by atoms with E-state index >= 15 is 0 Å². The minimum absolute atomic E-state index is 0.0532. The molecule has 2 fully saturated rings. The van der Waals surface area contributed by atoms with Gasteiger partial charge in [-0.2, -0.15) is 5.10 Å². The third kappa shape index (κ3) is 5.18. The number of aliphatic hydroxyl groups is 1. The topological polar surface area (TPSA) is 112 Å². The molecular formula is C34H37N5O4. The average molecular weight is 580 g/mol. The number of hydrogen-bond acceptors (Lipinski definition) is 5. The SMILES string of the molecule is CN(C)C(=O)c1cn(CC2(O)CCN(C(=O)c3cn[nH]c3-c3ccccc3)CC23CCCC3)c(=O)cc1-c1ccccc1. The summed E-state index contributed by atoms with van der Waals surface area (Å²) in [7, 11) is 3.37. The van der Waals surface area contributed by atoms with Crippen molar-refractivity contribution in [3.05, 3.63) is 101 Å². The number of carbonyl (C=O) groups is 2. The van der Waals surface area contributed by atoms with Crippen LogP contribution in [0.4, 0.5) is 0 Å². The first kappa shape index (κ1) is 28.6. The molecule has 0 radical (unpaired) electrons. The van der Waals surface area contributed by atoms with E-state index in [1.165, 1.54) is 15.5 Å². The third-order valence-corrected chi connectivity index (χ3v) is 9.34. The number of rotatable bonds is 6. The molecule has 2 aromatic heterocycles. The van der Waals surface area contributed by atoms with Crippen LogP contribution in [0.15, 0.2) is 83.9 Å². The average Bonchev–Trinajstić information content (AvgIpc) is 3.71. The molecule has 2 N–H and O–H groups in total. The summed E-state index contributed by atoms with van der Waals surface area (Å²) >= 11 is 0. The van der Waals surface area contributed by atoms with E-state index in [2.05, 4.69) is 10.2 Å². The molecule has 1 saturated carbocycles. The van der Waals surface area contributed by atoms with Gasteiger partial charge in [-0.05, 0) is 24.8 Å². The van der Waals surface area contributed by atoms with Crippen molar-refractivity contribution in [1.82, 2.24) is 24.6 Å². The smallest absolute Gasteiger partial charge is 0.257 e. The van der Waals surface area contributed by atoms with Crippen molar-refractivity contribution in [1.29, 1.82) is 0 Å². The summed E-state index contributed by atoms with van der Waals surface area (Å²) in [5, 5.41) is 19.5. The molecule has 1 spiro atoms. The molecule has 1 atom stereocenters. The quantitative estimate of drug-likeness (QED) is 0.351. The minimum Gasteiger partial charge on any atom is -0.387 e. The molecule has 6 rings (SSSR count). The van der Waals surface area contributed by atoms with Gasteiger partial charge in [-0.3, -0.25) is 19.5 Å². The van der Waals surface area contributed by atoms with Gasteiger partial charge in [0.1, 0.15) is 0 Å². The Morgan fingerprint density at radius 1 is 0.953 bits per heavy atom. The van der Waals surface area contributed by atoms with Crippen molar-refractivity contribution < 1.29 is 14.7 Å². The predicted molar refractivity (Wildman–Crippen MR) is 165 cm³/mol. The van der Waals surface area contributed by atoms with Gasteiger partial charge in [0.25, 0.3) is 17.4 Å². The molecule has 2 amide bonds. The molecule has 9 nitrogen and oxygen atoms in total. The first-order valence-corrected chi connectivity index (χ1v) is 14.8. The lowest BCUT2D eigenvalue weighted by Gasteiger charge is -2.52. The number of carbonyl (C=O) groups excluding carboxylic acids is 2. The van der Waals surface area contributed by atoms with Gasteiger partial charge in [0.15, 0.2) is 0 Å².